The lowest BCUT2D eigenvalue weighted by molar-refractivity contribution is -0.146. The molecule has 0 aromatic heterocycles. The number of hydrogen-bond acceptors (Lipinski definition) is 4. The Morgan fingerprint density at radius 2 is 2.00 bits per heavy atom. The minimum absolute atomic E-state index is 0.131. The summed E-state index contributed by atoms with van der Waals surface area (Å²) in [5.41, 5.74) is 5.59. The standard InChI is InChI=1S/C9H20N2O2/c1-7(2)8(10)9(12)13-6-5-11(3)4/h7-8H,5-6,10H2,1-4H3. The molecule has 0 amide bonds. The first-order valence-electron chi connectivity index (χ1n) is 4.52. The van der Waals surface area contributed by atoms with Gasteiger partial charge in [0.15, 0.2) is 0 Å². The smallest absolute Gasteiger partial charge is 0.323 e. The maximum absolute atomic E-state index is 11.2. The maximum Gasteiger partial charge on any atom is 0.323 e. The van der Waals surface area contributed by atoms with E-state index in [0.717, 1.165) is 6.54 Å². The highest BCUT2D eigenvalue weighted by Crippen LogP contribution is 2.00. The minimum Gasteiger partial charge on any atom is -0.463 e. The summed E-state index contributed by atoms with van der Waals surface area (Å²) in [6, 6.07) is -0.498. The molecule has 0 rings (SSSR count). The molecule has 78 valence electrons. The molecule has 1 atom stereocenters. The lowest BCUT2D eigenvalue weighted by atomic mass is 10.1. The number of nitrogens with zero attached hydrogens (tertiary/aromatic N) is 1. The first kappa shape index (κ1) is 12.4. The molecule has 1 unspecified atom stereocenters. The fraction of sp³-hybridized carbons (Fsp3) is 0.889. The van der Waals surface area contributed by atoms with Crippen LogP contribution in [0.2, 0.25) is 0 Å². The van der Waals surface area contributed by atoms with E-state index < -0.39 is 6.04 Å². The first-order valence-corrected chi connectivity index (χ1v) is 4.52. The highest BCUT2D eigenvalue weighted by molar-refractivity contribution is 5.75. The molecule has 0 radical (unpaired) electrons. The van der Waals surface area contributed by atoms with Crippen LogP contribution in [0.15, 0.2) is 0 Å². The van der Waals surface area contributed by atoms with Gasteiger partial charge in [-0.2, -0.15) is 0 Å². The zero-order valence-corrected chi connectivity index (χ0v) is 8.91. The minimum atomic E-state index is -0.498. The first-order chi connectivity index (χ1) is 5.95. The molecule has 13 heavy (non-hydrogen) atoms. The van der Waals surface area contributed by atoms with Crippen molar-refractivity contribution in [3.8, 4) is 0 Å². The van der Waals surface area contributed by atoms with Crippen LogP contribution in [-0.2, 0) is 9.53 Å². The van der Waals surface area contributed by atoms with Crippen LogP contribution in [0.1, 0.15) is 13.8 Å². The van der Waals surface area contributed by atoms with Crippen molar-refractivity contribution in [2.24, 2.45) is 11.7 Å². The number of esters is 1. The fourth-order valence-electron chi connectivity index (χ4n) is 0.697. The lowest BCUT2D eigenvalue weighted by Crippen LogP contribution is -2.38. The van der Waals surface area contributed by atoms with Crippen LogP contribution in [0.3, 0.4) is 0 Å². The van der Waals surface area contributed by atoms with E-state index >= 15 is 0 Å². The molecule has 2 N–H and O–H groups in total. The Labute approximate surface area is 80.0 Å². The van der Waals surface area contributed by atoms with Gasteiger partial charge in [-0.25, -0.2) is 0 Å². The van der Waals surface area contributed by atoms with Crippen LogP contribution in [0.4, 0.5) is 0 Å². The van der Waals surface area contributed by atoms with Crippen molar-refractivity contribution < 1.29 is 9.53 Å². The van der Waals surface area contributed by atoms with Crippen LogP contribution in [0, 0.1) is 5.92 Å². The van der Waals surface area contributed by atoms with Gasteiger partial charge in [-0.05, 0) is 20.0 Å². The van der Waals surface area contributed by atoms with Crippen molar-refractivity contribution in [3.05, 3.63) is 0 Å². The van der Waals surface area contributed by atoms with Gasteiger partial charge in [0.05, 0.1) is 0 Å². The summed E-state index contributed by atoms with van der Waals surface area (Å²) in [5, 5.41) is 0. The van der Waals surface area contributed by atoms with Gasteiger partial charge in [0.1, 0.15) is 12.6 Å². The molecule has 0 aromatic rings. The second-order valence-corrected chi connectivity index (χ2v) is 3.74. The van der Waals surface area contributed by atoms with E-state index in [1.807, 2.05) is 32.8 Å². The summed E-state index contributed by atoms with van der Waals surface area (Å²) in [5.74, 6) is -0.177. The van der Waals surface area contributed by atoms with E-state index in [9.17, 15) is 4.79 Å². The Bertz CT molecular complexity index is 158. The predicted molar refractivity (Wildman–Crippen MR) is 52.3 cm³/mol. The van der Waals surface area contributed by atoms with E-state index in [1.165, 1.54) is 0 Å². The molecule has 0 aromatic carbocycles. The van der Waals surface area contributed by atoms with E-state index in [2.05, 4.69) is 0 Å². The van der Waals surface area contributed by atoms with Gasteiger partial charge in [0, 0.05) is 6.54 Å². The van der Waals surface area contributed by atoms with Crippen LogP contribution in [0.5, 0.6) is 0 Å². The fourth-order valence-corrected chi connectivity index (χ4v) is 0.697. The van der Waals surface area contributed by atoms with Gasteiger partial charge < -0.3 is 15.4 Å². The van der Waals surface area contributed by atoms with Gasteiger partial charge in [0.25, 0.3) is 0 Å². The summed E-state index contributed by atoms with van der Waals surface area (Å²) in [7, 11) is 3.85. The Morgan fingerprint density at radius 1 is 1.46 bits per heavy atom. The normalized spacial score (nSPS) is 13.5. The van der Waals surface area contributed by atoms with Crippen LogP contribution >= 0.6 is 0 Å². The second-order valence-electron chi connectivity index (χ2n) is 3.74. The molecular formula is C9H20N2O2. The Morgan fingerprint density at radius 3 is 2.38 bits per heavy atom. The average Bonchev–Trinajstić information content (AvgIpc) is 2.02. The van der Waals surface area contributed by atoms with Crippen LogP contribution in [0.25, 0.3) is 0 Å². The number of carbonyl (C=O) groups excluding carboxylic acids is 1. The lowest BCUT2D eigenvalue weighted by Gasteiger charge is -2.15. The predicted octanol–water partition coefficient (Wildman–Crippen LogP) is 0.0745. The molecule has 0 spiro atoms. The van der Waals surface area contributed by atoms with Crippen molar-refractivity contribution in [3.63, 3.8) is 0 Å². The topological polar surface area (TPSA) is 55.6 Å². The van der Waals surface area contributed by atoms with Crippen molar-refractivity contribution in [2.45, 2.75) is 19.9 Å². The Balaban J connectivity index is 3.62. The largest absolute Gasteiger partial charge is 0.463 e. The number of hydrogen-bond donors (Lipinski definition) is 1. The summed E-state index contributed by atoms with van der Waals surface area (Å²) in [6.07, 6.45) is 0. The quantitative estimate of drug-likeness (QED) is 0.621. The SMILES string of the molecule is CC(C)C(N)C(=O)OCCN(C)C. The summed E-state index contributed by atoms with van der Waals surface area (Å²) < 4.78 is 4.97. The second kappa shape index (κ2) is 5.94. The number of nitrogens with two attached hydrogens (primary N) is 1. The molecule has 0 saturated heterocycles. The van der Waals surface area contributed by atoms with Crippen LogP contribution in [-0.4, -0.2) is 44.2 Å². The molecule has 4 heteroatoms. The highest BCUT2D eigenvalue weighted by Gasteiger charge is 2.18. The third-order valence-corrected chi connectivity index (χ3v) is 1.77. The molecule has 0 heterocycles. The van der Waals surface area contributed by atoms with Gasteiger partial charge in [-0.1, -0.05) is 13.8 Å². The van der Waals surface area contributed by atoms with Crippen molar-refractivity contribution in [1.82, 2.24) is 4.90 Å². The van der Waals surface area contributed by atoms with Crippen LogP contribution < -0.4 is 5.73 Å². The van der Waals surface area contributed by atoms with E-state index in [4.69, 9.17) is 10.5 Å². The number of likely N-dealkylation sites (N-methyl/N-ethyl adjacent to an activating group) is 1. The summed E-state index contributed by atoms with van der Waals surface area (Å²) in [6.45, 7) is 4.94. The van der Waals surface area contributed by atoms with Gasteiger partial charge in [-0.3, -0.25) is 4.79 Å². The van der Waals surface area contributed by atoms with Gasteiger partial charge in [0.2, 0.25) is 0 Å². The zero-order chi connectivity index (χ0) is 10.4. The van der Waals surface area contributed by atoms with E-state index in [-0.39, 0.29) is 11.9 Å². The Kier molecular flexibility index (Phi) is 5.66. The molecule has 0 saturated carbocycles. The molecule has 0 aliphatic carbocycles. The Hall–Kier alpha value is -0.610. The van der Waals surface area contributed by atoms with E-state index in [1.54, 1.807) is 0 Å². The molecule has 4 nitrogen and oxygen atoms in total. The third kappa shape index (κ3) is 5.60. The number of rotatable bonds is 5. The number of carbonyl (C=O) groups is 1. The summed E-state index contributed by atoms with van der Waals surface area (Å²) in [4.78, 5) is 13.2. The highest BCUT2D eigenvalue weighted by atomic mass is 16.5. The molecular weight excluding hydrogens is 168 g/mol. The molecule has 0 bridgehead atoms. The summed E-state index contributed by atoms with van der Waals surface area (Å²) >= 11 is 0. The molecule has 0 aliphatic rings. The van der Waals surface area contributed by atoms with Crippen molar-refractivity contribution in [2.75, 3.05) is 27.2 Å². The maximum atomic E-state index is 11.2. The van der Waals surface area contributed by atoms with Crippen molar-refractivity contribution >= 4 is 5.97 Å². The molecule has 0 fully saturated rings. The monoisotopic (exact) mass is 188 g/mol. The van der Waals surface area contributed by atoms with Gasteiger partial charge in [-0.15, -0.1) is 0 Å². The van der Waals surface area contributed by atoms with Gasteiger partial charge >= 0.3 is 5.97 Å². The average molecular weight is 188 g/mol. The zero-order valence-electron chi connectivity index (χ0n) is 8.91. The van der Waals surface area contributed by atoms with Crippen molar-refractivity contribution in [1.29, 1.82) is 0 Å². The number of ether oxygens (including phenoxy) is 1. The molecule has 0 aliphatic heterocycles. The third-order valence-electron chi connectivity index (χ3n) is 1.77. The van der Waals surface area contributed by atoms with E-state index in [0.29, 0.717) is 6.61 Å².